The highest BCUT2D eigenvalue weighted by Gasteiger charge is 2.24. The number of benzene rings is 1. The second-order valence-corrected chi connectivity index (χ2v) is 5.85. The van der Waals surface area contributed by atoms with E-state index in [1.165, 1.54) is 6.07 Å². The number of hydrogen-bond acceptors (Lipinski definition) is 3. The first-order valence-electron chi connectivity index (χ1n) is 8.47. The van der Waals surface area contributed by atoms with E-state index in [0.717, 1.165) is 45.2 Å². The predicted molar refractivity (Wildman–Crippen MR) is 108 cm³/mol. The average Bonchev–Trinajstić information content (AvgIpc) is 3.06. The normalized spacial score (nSPS) is 17.1. The van der Waals surface area contributed by atoms with Gasteiger partial charge in [0.05, 0.1) is 24.8 Å². The summed E-state index contributed by atoms with van der Waals surface area (Å²) in [6, 6.07) is 6.44. The molecule has 1 aromatic carbocycles. The molecule has 0 saturated carbocycles. The summed E-state index contributed by atoms with van der Waals surface area (Å²) in [5, 5.41) is 12.1. The fourth-order valence-electron chi connectivity index (χ4n) is 2.78. The van der Waals surface area contributed by atoms with Gasteiger partial charge in [-0.3, -0.25) is 0 Å². The molecule has 1 aliphatic heterocycles. The van der Waals surface area contributed by atoms with Crippen LogP contribution in [0, 0.1) is 23.1 Å². The molecule has 0 aromatic heterocycles. The van der Waals surface area contributed by atoms with Gasteiger partial charge < -0.3 is 15.0 Å². The number of hydrogen-bond donors (Lipinski definition) is 1. The van der Waals surface area contributed by atoms with Gasteiger partial charge in [0, 0.05) is 37.7 Å². The molecule has 0 radical (unpaired) electrons. The van der Waals surface area contributed by atoms with Crippen molar-refractivity contribution >= 4 is 29.9 Å². The molecule has 0 aliphatic carbocycles. The molecule has 1 atom stereocenters. The Morgan fingerprint density at radius 3 is 2.92 bits per heavy atom. The standard InChI is InChI=1S/C18H25FN4O.HI/c1-3-21-18(23-8-7-15(12-23)13-24-4-2)22-11-16-6-5-14(10-20)9-17(16)19;/h5-6,9,15H,3-4,7-8,11-13H2,1-2H3,(H,21,22);1H. The lowest BCUT2D eigenvalue weighted by Gasteiger charge is -2.21. The highest BCUT2D eigenvalue weighted by atomic mass is 127. The largest absolute Gasteiger partial charge is 0.381 e. The number of halogens is 2. The number of nitrogens with one attached hydrogen (secondary N) is 1. The van der Waals surface area contributed by atoms with Crippen molar-refractivity contribution in [1.82, 2.24) is 10.2 Å². The molecular formula is C18H26FIN4O. The lowest BCUT2D eigenvalue weighted by molar-refractivity contribution is 0.114. The van der Waals surface area contributed by atoms with Crippen LogP contribution in [0.1, 0.15) is 31.4 Å². The van der Waals surface area contributed by atoms with E-state index in [1.54, 1.807) is 12.1 Å². The maximum Gasteiger partial charge on any atom is 0.194 e. The average molecular weight is 460 g/mol. The quantitative estimate of drug-likeness (QED) is 0.403. The summed E-state index contributed by atoms with van der Waals surface area (Å²) in [4.78, 5) is 6.77. The van der Waals surface area contributed by atoms with Crippen LogP contribution in [0.3, 0.4) is 0 Å². The zero-order valence-corrected chi connectivity index (χ0v) is 17.1. The van der Waals surface area contributed by atoms with Gasteiger partial charge in [-0.05, 0) is 32.4 Å². The second kappa shape index (κ2) is 11.3. The minimum Gasteiger partial charge on any atom is -0.381 e. The van der Waals surface area contributed by atoms with Crippen LogP contribution in [0.25, 0.3) is 0 Å². The summed E-state index contributed by atoms with van der Waals surface area (Å²) in [6.45, 7) is 8.39. The zero-order chi connectivity index (χ0) is 17.4. The van der Waals surface area contributed by atoms with Crippen molar-refractivity contribution in [2.75, 3.05) is 32.8 Å². The molecule has 138 valence electrons. The smallest absolute Gasteiger partial charge is 0.194 e. The third kappa shape index (κ3) is 6.44. The van der Waals surface area contributed by atoms with Gasteiger partial charge in [0.2, 0.25) is 0 Å². The molecule has 1 heterocycles. The second-order valence-electron chi connectivity index (χ2n) is 5.85. The highest BCUT2D eigenvalue weighted by molar-refractivity contribution is 14.0. The summed E-state index contributed by atoms with van der Waals surface area (Å²) in [6.07, 6.45) is 1.08. The summed E-state index contributed by atoms with van der Waals surface area (Å²) >= 11 is 0. The number of guanidine groups is 1. The van der Waals surface area contributed by atoms with Crippen LogP contribution in [-0.4, -0.2) is 43.7 Å². The van der Waals surface area contributed by atoms with Gasteiger partial charge in [0.1, 0.15) is 5.82 Å². The zero-order valence-electron chi connectivity index (χ0n) is 14.8. The van der Waals surface area contributed by atoms with E-state index in [9.17, 15) is 4.39 Å². The van der Waals surface area contributed by atoms with Gasteiger partial charge in [0.15, 0.2) is 5.96 Å². The molecule has 2 rings (SSSR count). The predicted octanol–water partition coefficient (Wildman–Crippen LogP) is 3.14. The molecular weight excluding hydrogens is 434 g/mol. The lowest BCUT2D eigenvalue weighted by Crippen LogP contribution is -2.40. The first-order valence-corrected chi connectivity index (χ1v) is 8.47. The van der Waals surface area contributed by atoms with Gasteiger partial charge in [-0.15, -0.1) is 24.0 Å². The third-order valence-corrected chi connectivity index (χ3v) is 4.06. The first kappa shape index (κ1) is 21.6. The fraction of sp³-hybridized carbons (Fsp3) is 0.556. The Hall–Kier alpha value is -1.40. The van der Waals surface area contributed by atoms with E-state index >= 15 is 0 Å². The fourth-order valence-corrected chi connectivity index (χ4v) is 2.78. The van der Waals surface area contributed by atoms with Crippen molar-refractivity contribution in [3.8, 4) is 6.07 Å². The Morgan fingerprint density at radius 2 is 2.28 bits per heavy atom. The van der Waals surface area contributed by atoms with Crippen molar-refractivity contribution in [2.45, 2.75) is 26.8 Å². The summed E-state index contributed by atoms with van der Waals surface area (Å²) in [5.41, 5.74) is 0.819. The molecule has 7 heteroatoms. The SMILES string of the molecule is CCNC(=NCc1ccc(C#N)cc1F)N1CCC(COCC)C1.I. The van der Waals surface area contributed by atoms with Gasteiger partial charge in [-0.1, -0.05) is 6.07 Å². The van der Waals surface area contributed by atoms with Crippen molar-refractivity contribution in [3.63, 3.8) is 0 Å². The van der Waals surface area contributed by atoms with Crippen molar-refractivity contribution in [3.05, 3.63) is 35.1 Å². The Morgan fingerprint density at radius 1 is 1.48 bits per heavy atom. The van der Waals surface area contributed by atoms with Gasteiger partial charge in [0.25, 0.3) is 0 Å². The Bertz CT molecular complexity index is 618. The van der Waals surface area contributed by atoms with Crippen molar-refractivity contribution < 1.29 is 9.13 Å². The van der Waals surface area contributed by atoms with Gasteiger partial charge >= 0.3 is 0 Å². The number of nitrogens with zero attached hydrogens (tertiary/aromatic N) is 3. The van der Waals surface area contributed by atoms with Crippen molar-refractivity contribution in [2.24, 2.45) is 10.9 Å². The summed E-state index contributed by atoms with van der Waals surface area (Å²) in [5.74, 6) is 0.935. The Labute approximate surface area is 166 Å². The first-order chi connectivity index (χ1) is 11.7. The third-order valence-electron chi connectivity index (χ3n) is 4.06. The van der Waals surface area contributed by atoms with Gasteiger partial charge in [-0.25, -0.2) is 9.38 Å². The van der Waals surface area contributed by atoms with E-state index in [-0.39, 0.29) is 36.3 Å². The molecule has 1 N–H and O–H groups in total. The minimum atomic E-state index is -0.385. The highest BCUT2D eigenvalue weighted by Crippen LogP contribution is 2.17. The van der Waals surface area contributed by atoms with Crippen LogP contribution >= 0.6 is 24.0 Å². The van der Waals surface area contributed by atoms with E-state index in [4.69, 9.17) is 10.00 Å². The van der Waals surface area contributed by atoms with E-state index in [0.29, 0.717) is 17.0 Å². The molecule has 1 aromatic rings. The molecule has 5 nitrogen and oxygen atoms in total. The minimum absolute atomic E-state index is 0. The topological polar surface area (TPSA) is 60.7 Å². The number of nitriles is 1. The number of likely N-dealkylation sites (tertiary alicyclic amines) is 1. The molecule has 1 aliphatic rings. The monoisotopic (exact) mass is 460 g/mol. The maximum absolute atomic E-state index is 14.0. The molecule has 1 fully saturated rings. The van der Waals surface area contributed by atoms with Crippen LogP contribution in [0.15, 0.2) is 23.2 Å². The van der Waals surface area contributed by atoms with Crippen LogP contribution < -0.4 is 5.32 Å². The number of rotatable bonds is 6. The van der Waals surface area contributed by atoms with E-state index in [1.807, 2.05) is 19.9 Å². The van der Waals surface area contributed by atoms with Gasteiger partial charge in [-0.2, -0.15) is 5.26 Å². The molecule has 0 spiro atoms. The molecule has 0 amide bonds. The molecule has 1 unspecified atom stereocenters. The molecule has 1 saturated heterocycles. The lowest BCUT2D eigenvalue weighted by atomic mass is 10.1. The number of aliphatic imine (C=N–C) groups is 1. The molecule has 25 heavy (non-hydrogen) atoms. The molecule has 0 bridgehead atoms. The van der Waals surface area contributed by atoms with Crippen LogP contribution in [0.5, 0.6) is 0 Å². The van der Waals surface area contributed by atoms with Crippen molar-refractivity contribution in [1.29, 1.82) is 5.26 Å². The van der Waals surface area contributed by atoms with E-state index in [2.05, 4.69) is 15.2 Å². The van der Waals surface area contributed by atoms with E-state index < -0.39 is 0 Å². The van der Waals surface area contributed by atoms with Crippen LogP contribution in [0.4, 0.5) is 4.39 Å². The van der Waals surface area contributed by atoms with Crippen LogP contribution in [0.2, 0.25) is 0 Å². The Balaban J connectivity index is 0.00000312. The van der Waals surface area contributed by atoms with Crippen LogP contribution in [-0.2, 0) is 11.3 Å². The maximum atomic E-state index is 14.0. The summed E-state index contributed by atoms with van der Waals surface area (Å²) in [7, 11) is 0. The Kier molecular flexibility index (Phi) is 9.75. The number of ether oxygens (including phenoxy) is 1. The summed E-state index contributed by atoms with van der Waals surface area (Å²) < 4.78 is 19.5.